The van der Waals surface area contributed by atoms with E-state index in [0.717, 1.165) is 11.3 Å². The highest BCUT2D eigenvalue weighted by molar-refractivity contribution is 8.08. The van der Waals surface area contributed by atoms with E-state index in [1.54, 1.807) is 11.8 Å². The molecular formula is C17H18S. The molecule has 1 heteroatoms. The molecule has 0 saturated heterocycles. The molecule has 0 nitrogen and oxygen atoms in total. The summed E-state index contributed by atoms with van der Waals surface area (Å²) >= 11 is 1.74. The molecule has 2 aromatic rings. The van der Waals surface area contributed by atoms with Crippen LogP contribution in [0.5, 0.6) is 0 Å². The first-order valence-corrected chi connectivity index (χ1v) is 7.04. The lowest BCUT2D eigenvalue weighted by Crippen LogP contribution is -1.84. The zero-order valence-electron chi connectivity index (χ0n) is 10.9. The van der Waals surface area contributed by atoms with Crippen molar-refractivity contribution in [3.63, 3.8) is 0 Å². The lowest BCUT2D eigenvalue weighted by molar-refractivity contribution is 1.14. The van der Waals surface area contributed by atoms with Crippen LogP contribution < -0.4 is 0 Å². The van der Waals surface area contributed by atoms with Crippen molar-refractivity contribution in [3.8, 4) is 0 Å². The molecule has 0 amide bonds. The van der Waals surface area contributed by atoms with E-state index in [0.29, 0.717) is 0 Å². The van der Waals surface area contributed by atoms with Crippen molar-refractivity contribution in [2.75, 3.05) is 0 Å². The Kier molecular flexibility index (Phi) is 4.27. The third-order valence-electron chi connectivity index (χ3n) is 3.01. The van der Waals surface area contributed by atoms with Crippen LogP contribution in [0, 0.1) is 6.92 Å². The molecule has 2 rings (SSSR count). The number of rotatable bonds is 4. The molecule has 0 bridgehead atoms. The van der Waals surface area contributed by atoms with E-state index in [4.69, 9.17) is 0 Å². The van der Waals surface area contributed by atoms with Crippen LogP contribution in [0.4, 0.5) is 0 Å². The minimum absolute atomic E-state index is 1.08. The van der Waals surface area contributed by atoms with Gasteiger partial charge in [0.05, 0.1) is 0 Å². The molecule has 18 heavy (non-hydrogen) atoms. The predicted octanol–water partition coefficient (Wildman–Crippen LogP) is 5.32. The number of benzene rings is 2. The molecule has 0 spiro atoms. The van der Waals surface area contributed by atoms with Crippen LogP contribution in [-0.2, 0) is 6.42 Å². The molecular weight excluding hydrogens is 236 g/mol. The van der Waals surface area contributed by atoms with Crippen LogP contribution in [0.3, 0.4) is 0 Å². The number of thioether (sulfide) groups is 1. The molecule has 2 aromatic carbocycles. The van der Waals surface area contributed by atoms with E-state index in [-0.39, 0.29) is 0 Å². The smallest absolute Gasteiger partial charge is 0.0151 e. The Morgan fingerprint density at radius 1 is 1.06 bits per heavy atom. The van der Waals surface area contributed by atoms with Crippen LogP contribution >= 0.6 is 11.8 Å². The fraction of sp³-hybridized carbons (Fsp3) is 0.176. The van der Waals surface area contributed by atoms with Crippen molar-refractivity contribution in [2.45, 2.75) is 25.2 Å². The number of aryl methyl sites for hydroxylation is 2. The number of hydrogen-bond acceptors (Lipinski definition) is 1. The highest BCUT2D eigenvalue weighted by Gasteiger charge is 2.03. The van der Waals surface area contributed by atoms with E-state index in [1.807, 2.05) is 0 Å². The van der Waals surface area contributed by atoms with Gasteiger partial charge >= 0.3 is 0 Å². The van der Waals surface area contributed by atoms with Gasteiger partial charge in [-0.25, -0.2) is 0 Å². The van der Waals surface area contributed by atoms with Gasteiger partial charge in [0.15, 0.2) is 0 Å². The molecule has 0 saturated carbocycles. The summed E-state index contributed by atoms with van der Waals surface area (Å²) in [7, 11) is 0. The second-order valence-electron chi connectivity index (χ2n) is 4.34. The second kappa shape index (κ2) is 5.92. The van der Waals surface area contributed by atoms with Gasteiger partial charge in [-0.05, 0) is 36.1 Å². The normalized spacial score (nSPS) is 10.3. The zero-order valence-corrected chi connectivity index (χ0v) is 11.8. The Morgan fingerprint density at radius 3 is 2.33 bits per heavy atom. The van der Waals surface area contributed by atoms with Gasteiger partial charge in [-0.3, -0.25) is 0 Å². The van der Waals surface area contributed by atoms with E-state index in [1.165, 1.54) is 21.6 Å². The maximum absolute atomic E-state index is 4.18. The molecule has 0 aliphatic carbocycles. The van der Waals surface area contributed by atoms with Gasteiger partial charge in [-0.15, -0.1) is 0 Å². The predicted molar refractivity (Wildman–Crippen MR) is 81.9 cm³/mol. The maximum Gasteiger partial charge on any atom is 0.0151 e. The summed E-state index contributed by atoms with van der Waals surface area (Å²) in [5.41, 5.74) is 3.88. The van der Waals surface area contributed by atoms with Gasteiger partial charge in [-0.2, -0.15) is 0 Å². The first kappa shape index (κ1) is 13.0. The van der Waals surface area contributed by atoms with Gasteiger partial charge < -0.3 is 0 Å². The molecule has 0 radical (unpaired) electrons. The van der Waals surface area contributed by atoms with Crippen LogP contribution in [-0.4, -0.2) is 0 Å². The van der Waals surface area contributed by atoms with Crippen molar-refractivity contribution in [2.24, 2.45) is 0 Å². The van der Waals surface area contributed by atoms with Crippen LogP contribution in [0.1, 0.15) is 23.6 Å². The van der Waals surface area contributed by atoms with Crippen LogP contribution in [0.25, 0.3) is 4.91 Å². The Bertz CT molecular complexity index is 538. The monoisotopic (exact) mass is 254 g/mol. The summed E-state index contributed by atoms with van der Waals surface area (Å²) in [5, 5.41) is 0. The van der Waals surface area contributed by atoms with Crippen molar-refractivity contribution >= 4 is 16.7 Å². The molecule has 0 aliphatic rings. The summed E-state index contributed by atoms with van der Waals surface area (Å²) in [6.45, 7) is 8.49. The van der Waals surface area contributed by atoms with E-state index in [9.17, 15) is 0 Å². The molecule has 0 aliphatic heterocycles. The summed E-state index contributed by atoms with van der Waals surface area (Å²) in [6, 6.07) is 17.1. The second-order valence-corrected chi connectivity index (χ2v) is 5.48. The van der Waals surface area contributed by atoms with Gasteiger partial charge in [-0.1, -0.05) is 67.7 Å². The van der Waals surface area contributed by atoms with Crippen molar-refractivity contribution in [1.29, 1.82) is 0 Å². The fourth-order valence-electron chi connectivity index (χ4n) is 1.79. The van der Waals surface area contributed by atoms with Crippen LogP contribution in [0.15, 0.2) is 60.0 Å². The van der Waals surface area contributed by atoms with Gasteiger partial charge in [0.2, 0.25) is 0 Å². The topological polar surface area (TPSA) is 0 Å². The van der Waals surface area contributed by atoms with Gasteiger partial charge in [0.25, 0.3) is 0 Å². The molecule has 0 atom stereocenters. The van der Waals surface area contributed by atoms with Gasteiger partial charge in [0, 0.05) is 9.80 Å². The molecule has 92 valence electrons. The average Bonchev–Trinajstić information content (AvgIpc) is 2.41. The molecule has 0 unspecified atom stereocenters. The Balaban J connectivity index is 2.14. The molecule has 0 fully saturated rings. The van der Waals surface area contributed by atoms with Crippen molar-refractivity contribution in [3.05, 3.63) is 71.8 Å². The fourth-order valence-corrected chi connectivity index (χ4v) is 2.68. The summed E-state index contributed by atoms with van der Waals surface area (Å²) < 4.78 is 0. The first-order valence-electron chi connectivity index (χ1n) is 6.22. The quantitative estimate of drug-likeness (QED) is 0.665. The van der Waals surface area contributed by atoms with Gasteiger partial charge in [0.1, 0.15) is 0 Å². The summed E-state index contributed by atoms with van der Waals surface area (Å²) in [6.07, 6.45) is 1.08. The first-order chi connectivity index (χ1) is 8.70. The summed E-state index contributed by atoms with van der Waals surface area (Å²) in [5.74, 6) is 0. The Hall–Kier alpha value is -1.47. The largest absolute Gasteiger partial charge is 0.0898 e. The molecule has 0 aromatic heterocycles. The average molecular weight is 254 g/mol. The SMILES string of the molecule is C=C(Sc1ccccc1C)c1ccc(CC)cc1. The van der Waals surface area contributed by atoms with Crippen molar-refractivity contribution in [1.82, 2.24) is 0 Å². The minimum atomic E-state index is 1.08. The molecule has 0 N–H and O–H groups in total. The Morgan fingerprint density at radius 2 is 1.72 bits per heavy atom. The third-order valence-corrected chi connectivity index (χ3v) is 4.17. The summed E-state index contributed by atoms with van der Waals surface area (Å²) in [4.78, 5) is 2.38. The number of hydrogen-bond donors (Lipinski definition) is 0. The van der Waals surface area contributed by atoms with E-state index < -0.39 is 0 Å². The third kappa shape index (κ3) is 3.05. The highest BCUT2D eigenvalue weighted by atomic mass is 32.2. The van der Waals surface area contributed by atoms with Crippen LogP contribution in [0.2, 0.25) is 0 Å². The lowest BCUT2D eigenvalue weighted by atomic mass is 10.1. The maximum atomic E-state index is 4.18. The highest BCUT2D eigenvalue weighted by Crippen LogP contribution is 2.34. The zero-order chi connectivity index (χ0) is 13.0. The minimum Gasteiger partial charge on any atom is -0.0898 e. The van der Waals surface area contributed by atoms with E-state index in [2.05, 4.69) is 69.0 Å². The van der Waals surface area contributed by atoms with Crippen molar-refractivity contribution < 1.29 is 0 Å². The Labute approximate surface area is 114 Å². The van der Waals surface area contributed by atoms with E-state index >= 15 is 0 Å². The lowest BCUT2D eigenvalue weighted by Gasteiger charge is -2.08. The standard InChI is InChI=1S/C17H18S/c1-4-15-9-11-16(12-10-15)14(3)18-17-8-6-5-7-13(17)2/h5-12H,3-4H2,1-2H3. The molecule has 0 heterocycles.